The second kappa shape index (κ2) is 7.06. The minimum absolute atomic E-state index is 0.0924. The van der Waals surface area contributed by atoms with Crippen LogP contribution in [0.2, 0.25) is 0 Å². The fourth-order valence-corrected chi connectivity index (χ4v) is 4.48. The van der Waals surface area contributed by atoms with Crippen molar-refractivity contribution in [2.75, 3.05) is 26.2 Å². The highest BCUT2D eigenvalue weighted by Gasteiger charge is 2.30. The van der Waals surface area contributed by atoms with Gasteiger partial charge in [0, 0.05) is 44.8 Å². The van der Waals surface area contributed by atoms with Crippen LogP contribution in [0.25, 0.3) is 22.2 Å². The molecule has 144 valence electrons. The Labute approximate surface area is 165 Å². The van der Waals surface area contributed by atoms with E-state index in [9.17, 15) is 4.79 Å². The van der Waals surface area contributed by atoms with Gasteiger partial charge in [-0.1, -0.05) is 48.9 Å². The lowest BCUT2D eigenvalue weighted by Gasteiger charge is -2.42. The van der Waals surface area contributed by atoms with Crippen LogP contribution < -0.4 is 0 Å². The molecule has 0 radical (unpaired) electrons. The van der Waals surface area contributed by atoms with Crippen LogP contribution in [0.3, 0.4) is 0 Å². The van der Waals surface area contributed by atoms with Gasteiger partial charge in [0.2, 0.25) is 0 Å². The predicted octanol–water partition coefficient (Wildman–Crippen LogP) is 3.55. The second-order valence-electron chi connectivity index (χ2n) is 7.97. The molecule has 0 N–H and O–H groups in total. The van der Waals surface area contributed by atoms with Gasteiger partial charge in [-0.25, -0.2) is 4.98 Å². The first-order valence-electron chi connectivity index (χ1n) is 10.3. The summed E-state index contributed by atoms with van der Waals surface area (Å²) < 4.78 is 1.95. The molecule has 5 nitrogen and oxygen atoms in total. The third-order valence-electron chi connectivity index (χ3n) is 6.43. The van der Waals surface area contributed by atoms with Crippen molar-refractivity contribution in [3.05, 3.63) is 54.4 Å². The van der Waals surface area contributed by atoms with E-state index in [1.165, 1.54) is 24.6 Å². The van der Waals surface area contributed by atoms with Crippen LogP contribution in [0.1, 0.15) is 29.8 Å². The van der Waals surface area contributed by atoms with Gasteiger partial charge in [-0.15, -0.1) is 0 Å². The third kappa shape index (κ3) is 2.90. The topological polar surface area (TPSA) is 41.4 Å². The molecule has 2 aromatic carbocycles. The molecule has 1 saturated heterocycles. The van der Waals surface area contributed by atoms with E-state index >= 15 is 0 Å². The van der Waals surface area contributed by atoms with Crippen molar-refractivity contribution in [3.8, 4) is 11.4 Å². The maximum absolute atomic E-state index is 13.1. The van der Waals surface area contributed by atoms with Crippen molar-refractivity contribution in [3.63, 3.8) is 0 Å². The average molecular weight is 374 g/mol. The summed E-state index contributed by atoms with van der Waals surface area (Å²) in [5.41, 5.74) is 1.73. The number of aromatic nitrogens is 2. The Bertz CT molecular complexity index is 1010. The van der Waals surface area contributed by atoms with Crippen LogP contribution in [-0.4, -0.2) is 57.5 Å². The zero-order valence-electron chi connectivity index (χ0n) is 16.3. The lowest BCUT2D eigenvalue weighted by atomic mass is 9.91. The number of amides is 1. The van der Waals surface area contributed by atoms with Crippen molar-refractivity contribution in [1.82, 2.24) is 19.4 Å². The monoisotopic (exact) mass is 374 g/mol. The van der Waals surface area contributed by atoms with Gasteiger partial charge in [0.1, 0.15) is 11.5 Å². The Kier molecular flexibility index (Phi) is 4.40. The fourth-order valence-electron chi connectivity index (χ4n) is 4.48. The molecule has 2 heterocycles. The molecule has 2 fully saturated rings. The number of hydrogen-bond acceptors (Lipinski definition) is 3. The molecule has 1 aliphatic carbocycles. The molecule has 1 saturated carbocycles. The van der Waals surface area contributed by atoms with E-state index in [0.717, 1.165) is 49.0 Å². The van der Waals surface area contributed by atoms with Gasteiger partial charge in [-0.3, -0.25) is 9.69 Å². The summed E-state index contributed by atoms with van der Waals surface area (Å²) in [5.74, 6) is 0.933. The lowest BCUT2D eigenvalue weighted by Crippen LogP contribution is -2.53. The summed E-state index contributed by atoms with van der Waals surface area (Å²) >= 11 is 0. The molecule has 1 aliphatic heterocycles. The van der Waals surface area contributed by atoms with Crippen molar-refractivity contribution in [1.29, 1.82) is 0 Å². The van der Waals surface area contributed by atoms with Gasteiger partial charge in [0.15, 0.2) is 0 Å². The smallest absolute Gasteiger partial charge is 0.272 e. The number of nitrogens with zero attached hydrogens (tertiary/aromatic N) is 4. The number of fused-ring (bicyclic) bond motifs is 1. The van der Waals surface area contributed by atoms with Crippen LogP contribution in [0.15, 0.2) is 48.7 Å². The van der Waals surface area contributed by atoms with E-state index in [-0.39, 0.29) is 5.91 Å². The molecular formula is C23H26N4O. The summed E-state index contributed by atoms with van der Waals surface area (Å²) in [4.78, 5) is 22.3. The predicted molar refractivity (Wildman–Crippen MR) is 111 cm³/mol. The molecule has 5 heteroatoms. The number of piperazine rings is 1. The summed E-state index contributed by atoms with van der Waals surface area (Å²) in [6, 6.07) is 15.3. The number of rotatable bonds is 3. The Morgan fingerprint density at radius 1 is 1.00 bits per heavy atom. The number of benzene rings is 2. The molecule has 28 heavy (non-hydrogen) atoms. The number of hydrogen-bond donors (Lipinski definition) is 0. The van der Waals surface area contributed by atoms with Gasteiger partial charge >= 0.3 is 0 Å². The minimum Gasteiger partial charge on any atom is -0.335 e. The number of carbonyl (C=O) groups excluding carboxylic acids is 1. The second-order valence-corrected chi connectivity index (χ2v) is 7.97. The zero-order valence-corrected chi connectivity index (χ0v) is 16.3. The summed E-state index contributed by atoms with van der Waals surface area (Å²) in [6.07, 6.45) is 5.74. The SMILES string of the molecule is Cn1c(C(=O)N2CCN(C3CCC3)CC2)cnc1-c1cccc2ccccc12. The van der Waals surface area contributed by atoms with E-state index in [4.69, 9.17) is 0 Å². The normalized spacial score (nSPS) is 18.4. The van der Waals surface area contributed by atoms with E-state index in [0.29, 0.717) is 5.69 Å². The first-order valence-corrected chi connectivity index (χ1v) is 10.3. The largest absolute Gasteiger partial charge is 0.335 e. The molecule has 0 atom stereocenters. The Balaban J connectivity index is 1.39. The van der Waals surface area contributed by atoms with Gasteiger partial charge in [0.05, 0.1) is 6.20 Å². The van der Waals surface area contributed by atoms with Gasteiger partial charge < -0.3 is 9.47 Å². The maximum atomic E-state index is 13.1. The lowest BCUT2D eigenvalue weighted by molar-refractivity contribution is 0.0448. The zero-order chi connectivity index (χ0) is 19.1. The first kappa shape index (κ1) is 17.4. The standard InChI is InChI=1S/C23H26N4O/c1-25-21(23(28)27-14-12-26(13-15-27)18-8-5-9-18)16-24-22(25)20-11-4-7-17-6-2-3-10-19(17)20/h2-4,6-7,10-11,16,18H,5,8-9,12-15H2,1H3. The highest BCUT2D eigenvalue weighted by molar-refractivity contribution is 5.97. The minimum atomic E-state index is 0.0924. The number of carbonyl (C=O) groups is 1. The Morgan fingerprint density at radius 2 is 1.75 bits per heavy atom. The highest BCUT2D eigenvalue weighted by atomic mass is 16.2. The summed E-state index contributed by atoms with van der Waals surface area (Å²) in [7, 11) is 1.95. The van der Waals surface area contributed by atoms with Crippen molar-refractivity contribution >= 4 is 16.7 Å². The molecule has 5 rings (SSSR count). The van der Waals surface area contributed by atoms with Crippen LogP contribution in [0, 0.1) is 0 Å². The molecule has 0 unspecified atom stereocenters. The fraction of sp³-hybridized carbons (Fsp3) is 0.391. The van der Waals surface area contributed by atoms with E-state index < -0.39 is 0 Å². The van der Waals surface area contributed by atoms with Gasteiger partial charge in [-0.2, -0.15) is 0 Å². The molecule has 1 amide bonds. The summed E-state index contributed by atoms with van der Waals surface area (Å²) in [6.45, 7) is 3.60. The van der Waals surface area contributed by atoms with Crippen LogP contribution >= 0.6 is 0 Å². The molecule has 0 spiro atoms. The van der Waals surface area contributed by atoms with Crippen molar-refractivity contribution in [2.45, 2.75) is 25.3 Å². The molecular weight excluding hydrogens is 348 g/mol. The van der Waals surface area contributed by atoms with E-state index in [2.05, 4.69) is 34.1 Å². The Morgan fingerprint density at radius 3 is 2.50 bits per heavy atom. The molecule has 3 aromatic rings. The summed E-state index contributed by atoms with van der Waals surface area (Å²) in [5, 5.41) is 2.34. The van der Waals surface area contributed by atoms with Crippen molar-refractivity contribution in [2.24, 2.45) is 7.05 Å². The van der Waals surface area contributed by atoms with E-state index in [1.54, 1.807) is 6.20 Å². The third-order valence-corrected chi connectivity index (χ3v) is 6.43. The van der Waals surface area contributed by atoms with Crippen LogP contribution in [-0.2, 0) is 7.05 Å². The molecule has 1 aromatic heterocycles. The van der Waals surface area contributed by atoms with Crippen LogP contribution in [0.5, 0.6) is 0 Å². The van der Waals surface area contributed by atoms with E-state index in [1.807, 2.05) is 34.7 Å². The average Bonchev–Trinajstić information content (AvgIpc) is 3.07. The van der Waals surface area contributed by atoms with Gasteiger partial charge in [0.25, 0.3) is 5.91 Å². The Hall–Kier alpha value is -2.66. The van der Waals surface area contributed by atoms with Crippen LogP contribution in [0.4, 0.5) is 0 Å². The first-order chi connectivity index (χ1) is 13.7. The van der Waals surface area contributed by atoms with Gasteiger partial charge in [-0.05, 0) is 23.6 Å². The number of imidazole rings is 1. The highest BCUT2D eigenvalue weighted by Crippen LogP contribution is 2.29. The quantitative estimate of drug-likeness (QED) is 0.704. The molecule has 2 aliphatic rings. The maximum Gasteiger partial charge on any atom is 0.272 e. The van der Waals surface area contributed by atoms with Crippen molar-refractivity contribution < 1.29 is 4.79 Å². The molecule has 0 bridgehead atoms.